The number of rotatable bonds is 7. The normalized spacial score (nSPS) is 17.8. The van der Waals surface area contributed by atoms with E-state index in [4.69, 9.17) is 10.00 Å². The number of carbonyl (C=O) groups is 1. The monoisotopic (exact) mass is 564 g/mol. The quantitative estimate of drug-likeness (QED) is 0.454. The van der Waals surface area contributed by atoms with Crippen LogP contribution in [0.1, 0.15) is 69.7 Å². The van der Waals surface area contributed by atoms with Crippen molar-refractivity contribution < 1.29 is 17.9 Å². The van der Waals surface area contributed by atoms with E-state index in [1.807, 2.05) is 30.3 Å². The molecular formula is C29H32N4O4S2. The van der Waals surface area contributed by atoms with Crippen LogP contribution in [0, 0.1) is 11.3 Å². The molecule has 4 heterocycles. The third-order valence-electron chi connectivity index (χ3n) is 7.84. The summed E-state index contributed by atoms with van der Waals surface area (Å²) in [6.45, 7) is 6.43. The summed E-state index contributed by atoms with van der Waals surface area (Å²) in [5.74, 6) is -0.142. The first-order valence-corrected chi connectivity index (χ1v) is 15.7. The minimum atomic E-state index is -3.30. The van der Waals surface area contributed by atoms with Crippen LogP contribution in [0.15, 0.2) is 53.6 Å². The van der Waals surface area contributed by atoms with Crippen molar-refractivity contribution in [3.8, 4) is 6.07 Å². The van der Waals surface area contributed by atoms with Crippen LogP contribution in [0.3, 0.4) is 0 Å². The number of fused-ring (bicyclic) bond motifs is 2. The molecule has 10 heteroatoms. The van der Waals surface area contributed by atoms with Crippen LogP contribution >= 0.6 is 11.3 Å². The first kappa shape index (κ1) is 27.5. The summed E-state index contributed by atoms with van der Waals surface area (Å²) in [6.07, 6.45) is 3.86. The Hall–Kier alpha value is -3.10. The molecule has 1 atom stereocenters. The fourth-order valence-electron chi connectivity index (χ4n) is 5.35. The van der Waals surface area contributed by atoms with Crippen molar-refractivity contribution in [3.05, 3.63) is 80.8 Å². The van der Waals surface area contributed by atoms with Crippen molar-refractivity contribution in [1.82, 2.24) is 15.2 Å². The summed E-state index contributed by atoms with van der Waals surface area (Å²) in [7, 11) is -3.30. The summed E-state index contributed by atoms with van der Waals surface area (Å²) in [5.41, 5.74) is 3.29. The molecule has 1 saturated heterocycles. The summed E-state index contributed by atoms with van der Waals surface area (Å²) in [6, 6.07) is 15.4. The summed E-state index contributed by atoms with van der Waals surface area (Å²) < 4.78 is 30.4. The van der Waals surface area contributed by atoms with Crippen LogP contribution in [0.2, 0.25) is 0 Å². The van der Waals surface area contributed by atoms with Gasteiger partial charge in [0.25, 0.3) is 5.91 Å². The third kappa shape index (κ3) is 5.63. The molecule has 2 aliphatic rings. The lowest BCUT2D eigenvalue weighted by Gasteiger charge is -2.45. The Bertz CT molecular complexity index is 1480. The van der Waals surface area contributed by atoms with Gasteiger partial charge in [0.05, 0.1) is 46.0 Å². The van der Waals surface area contributed by atoms with E-state index in [2.05, 4.69) is 28.2 Å². The molecule has 8 nitrogen and oxygen atoms in total. The van der Waals surface area contributed by atoms with Crippen LogP contribution in [-0.4, -0.2) is 49.7 Å². The fraction of sp³-hybridized carbons (Fsp3) is 0.414. The number of nitriles is 1. The van der Waals surface area contributed by atoms with Gasteiger partial charge in [0.2, 0.25) is 0 Å². The maximum Gasteiger partial charge on any atom is 0.261 e. The van der Waals surface area contributed by atoms with E-state index in [-0.39, 0.29) is 34.7 Å². The topological polar surface area (TPSA) is 112 Å². The Morgan fingerprint density at radius 2 is 1.97 bits per heavy atom. The first-order chi connectivity index (χ1) is 18.7. The lowest BCUT2D eigenvalue weighted by atomic mass is 9.84. The highest BCUT2D eigenvalue weighted by atomic mass is 32.2. The van der Waals surface area contributed by atoms with Gasteiger partial charge >= 0.3 is 0 Å². The molecule has 39 heavy (non-hydrogen) atoms. The number of likely N-dealkylation sites (tertiary alicyclic amines) is 1. The van der Waals surface area contributed by atoms with E-state index in [0.29, 0.717) is 22.7 Å². The van der Waals surface area contributed by atoms with Crippen molar-refractivity contribution in [1.29, 1.82) is 5.26 Å². The molecule has 2 aromatic heterocycles. The Morgan fingerprint density at radius 3 is 2.62 bits per heavy atom. The van der Waals surface area contributed by atoms with Crippen molar-refractivity contribution >= 4 is 27.1 Å². The second kappa shape index (κ2) is 11.2. The molecule has 0 saturated carbocycles. The van der Waals surface area contributed by atoms with Gasteiger partial charge in [-0.3, -0.25) is 14.7 Å². The van der Waals surface area contributed by atoms with Crippen LogP contribution in [0.5, 0.6) is 0 Å². The number of amides is 1. The minimum Gasteiger partial charge on any atom is -0.369 e. The van der Waals surface area contributed by atoms with Crippen LogP contribution in [0.25, 0.3) is 0 Å². The number of aromatic nitrogens is 1. The maximum atomic E-state index is 13.0. The average molecular weight is 565 g/mol. The van der Waals surface area contributed by atoms with E-state index in [9.17, 15) is 13.2 Å². The molecular weight excluding hydrogens is 532 g/mol. The summed E-state index contributed by atoms with van der Waals surface area (Å²) >= 11 is 1.52. The molecule has 5 rings (SSSR count). The lowest BCUT2D eigenvalue weighted by molar-refractivity contribution is -0.0994. The zero-order valence-corrected chi connectivity index (χ0v) is 23.8. The standard InChI is InChI=1S/C29H32N4O4S2/c1-3-39(35,36)25-9-8-24(31-19-25)18-32-28(34)26-16-23-10-15-37-29(27(23)38-26)11-13-33(14-12-29)20(2)22-6-4-21(17-30)5-7-22/h4-9,16,19-20H,3,10-15,18H2,1-2H3,(H,32,34)/t20-/m1/s1. The summed E-state index contributed by atoms with van der Waals surface area (Å²) in [4.78, 5) is 21.7. The van der Waals surface area contributed by atoms with Gasteiger partial charge in [-0.15, -0.1) is 11.3 Å². The molecule has 1 aromatic carbocycles. The van der Waals surface area contributed by atoms with Crippen LogP contribution in [0.4, 0.5) is 0 Å². The van der Waals surface area contributed by atoms with E-state index in [1.54, 1.807) is 13.0 Å². The molecule has 0 bridgehead atoms. The largest absolute Gasteiger partial charge is 0.369 e. The zero-order chi connectivity index (χ0) is 27.6. The van der Waals surface area contributed by atoms with Gasteiger partial charge in [0.1, 0.15) is 5.60 Å². The number of benzene rings is 1. The highest BCUT2D eigenvalue weighted by Gasteiger charge is 2.43. The molecule has 0 unspecified atom stereocenters. The van der Waals surface area contributed by atoms with Crippen molar-refractivity contribution in [2.45, 2.75) is 56.2 Å². The Morgan fingerprint density at radius 1 is 1.23 bits per heavy atom. The Labute approximate surface area is 233 Å². The number of piperidine rings is 1. The molecule has 0 radical (unpaired) electrons. The van der Waals surface area contributed by atoms with Gasteiger partial charge in [-0.25, -0.2) is 8.42 Å². The third-order valence-corrected chi connectivity index (χ3v) is 10.9. The highest BCUT2D eigenvalue weighted by Crippen LogP contribution is 2.46. The summed E-state index contributed by atoms with van der Waals surface area (Å²) in [5, 5.41) is 12.0. The van der Waals surface area contributed by atoms with E-state index >= 15 is 0 Å². The van der Waals surface area contributed by atoms with Crippen molar-refractivity contribution in [2.24, 2.45) is 0 Å². The number of carbonyl (C=O) groups excluding carboxylic acids is 1. The number of nitrogens with one attached hydrogen (secondary N) is 1. The molecule has 2 aliphatic heterocycles. The number of sulfone groups is 1. The predicted molar refractivity (Wildman–Crippen MR) is 149 cm³/mol. The SMILES string of the molecule is CCS(=O)(=O)c1ccc(CNC(=O)c2cc3c(s2)C2(CCN([C@H](C)c4ccc(C#N)cc4)CC2)OCC3)nc1. The number of nitrogens with zero attached hydrogens (tertiary/aromatic N) is 3. The number of hydrogen-bond donors (Lipinski definition) is 1. The molecule has 3 aromatic rings. The van der Waals surface area contributed by atoms with E-state index in [1.165, 1.54) is 34.7 Å². The van der Waals surface area contributed by atoms with Gasteiger partial charge in [-0.2, -0.15) is 5.26 Å². The molecule has 1 N–H and O–H groups in total. The van der Waals surface area contributed by atoms with E-state index in [0.717, 1.165) is 37.2 Å². The zero-order valence-electron chi connectivity index (χ0n) is 22.1. The van der Waals surface area contributed by atoms with Gasteiger partial charge in [0, 0.05) is 30.2 Å². The second-order valence-corrected chi connectivity index (χ2v) is 13.4. The number of ether oxygens (including phenoxy) is 1. The van der Waals surface area contributed by atoms with Crippen molar-refractivity contribution in [3.63, 3.8) is 0 Å². The first-order valence-electron chi connectivity index (χ1n) is 13.2. The van der Waals surface area contributed by atoms with Gasteiger partial charge < -0.3 is 10.1 Å². The van der Waals surface area contributed by atoms with Crippen LogP contribution in [-0.2, 0) is 33.1 Å². The van der Waals surface area contributed by atoms with Gasteiger partial charge in [0.15, 0.2) is 9.84 Å². The Balaban J connectivity index is 1.23. The molecule has 1 amide bonds. The highest BCUT2D eigenvalue weighted by molar-refractivity contribution is 7.91. The van der Waals surface area contributed by atoms with E-state index < -0.39 is 9.84 Å². The Kier molecular flexibility index (Phi) is 7.87. The maximum absolute atomic E-state index is 13.0. The van der Waals surface area contributed by atoms with Gasteiger partial charge in [-0.1, -0.05) is 19.1 Å². The van der Waals surface area contributed by atoms with Crippen LogP contribution < -0.4 is 5.32 Å². The molecule has 204 valence electrons. The number of hydrogen-bond acceptors (Lipinski definition) is 8. The number of pyridine rings is 1. The lowest BCUT2D eigenvalue weighted by Crippen LogP contribution is -2.46. The second-order valence-electron chi connectivity index (χ2n) is 10.1. The molecule has 1 fully saturated rings. The van der Waals surface area contributed by atoms with Gasteiger partial charge in [-0.05, 0) is 67.6 Å². The van der Waals surface area contributed by atoms with Crippen molar-refractivity contribution in [2.75, 3.05) is 25.4 Å². The smallest absolute Gasteiger partial charge is 0.261 e. The fourth-order valence-corrected chi connectivity index (χ4v) is 7.50. The number of thiophene rings is 1. The predicted octanol–water partition coefficient (Wildman–Crippen LogP) is 4.36. The minimum absolute atomic E-state index is 0.0210. The molecule has 0 aliphatic carbocycles. The average Bonchev–Trinajstić information content (AvgIpc) is 3.43. The molecule has 1 spiro atoms.